The molecule has 1 unspecified atom stereocenters. The highest BCUT2D eigenvalue weighted by Gasteiger charge is 2.28. The summed E-state index contributed by atoms with van der Waals surface area (Å²) in [5.41, 5.74) is 0.828. The maximum atomic E-state index is 11.0. The molecule has 1 atom stereocenters. The first kappa shape index (κ1) is 12.0. The summed E-state index contributed by atoms with van der Waals surface area (Å²) in [6, 6.07) is 1.81. The molecule has 0 spiro atoms. The molecular weight excluding hydrogens is 220 g/mol. The predicted octanol–water partition coefficient (Wildman–Crippen LogP) is 1.46. The number of aliphatic carboxylic acids is 1. The van der Waals surface area contributed by atoms with E-state index in [2.05, 4.69) is 9.97 Å². The molecule has 2 rings (SSSR count). The van der Waals surface area contributed by atoms with Gasteiger partial charge in [0.05, 0.1) is 6.42 Å². The number of carbonyl (C=O) groups is 1. The van der Waals surface area contributed by atoms with Crippen molar-refractivity contribution in [3.63, 3.8) is 0 Å². The second-order valence-electron chi connectivity index (χ2n) is 4.29. The van der Waals surface area contributed by atoms with Crippen LogP contribution >= 0.6 is 0 Å². The van der Waals surface area contributed by atoms with E-state index >= 15 is 0 Å². The van der Waals surface area contributed by atoms with Gasteiger partial charge >= 0.3 is 5.97 Å². The Morgan fingerprint density at radius 2 is 2.29 bits per heavy atom. The van der Waals surface area contributed by atoms with Gasteiger partial charge in [-0.3, -0.25) is 4.79 Å². The zero-order valence-electron chi connectivity index (χ0n) is 9.58. The molecule has 1 aromatic rings. The SMILES string of the molecule is O=C(O)CC(c1ccncn1)C1CCOCC1. The number of hydrogen-bond acceptors (Lipinski definition) is 4. The fourth-order valence-electron chi connectivity index (χ4n) is 2.34. The van der Waals surface area contributed by atoms with E-state index in [9.17, 15) is 4.79 Å². The molecule has 1 aromatic heterocycles. The lowest BCUT2D eigenvalue weighted by molar-refractivity contribution is -0.138. The van der Waals surface area contributed by atoms with Crippen LogP contribution in [0.1, 0.15) is 30.9 Å². The van der Waals surface area contributed by atoms with Gasteiger partial charge < -0.3 is 9.84 Å². The van der Waals surface area contributed by atoms with Crippen LogP contribution in [-0.4, -0.2) is 34.3 Å². The lowest BCUT2D eigenvalue weighted by atomic mass is 9.81. The van der Waals surface area contributed by atoms with Gasteiger partial charge in [0.25, 0.3) is 0 Å². The second-order valence-corrected chi connectivity index (χ2v) is 4.29. The van der Waals surface area contributed by atoms with Crippen LogP contribution in [0.5, 0.6) is 0 Å². The predicted molar refractivity (Wildman–Crippen MR) is 60.6 cm³/mol. The van der Waals surface area contributed by atoms with Crippen molar-refractivity contribution in [3.8, 4) is 0 Å². The molecule has 0 radical (unpaired) electrons. The maximum Gasteiger partial charge on any atom is 0.304 e. The minimum absolute atomic E-state index is 0.0283. The molecule has 0 amide bonds. The molecule has 1 fully saturated rings. The van der Waals surface area contributed by atoms with Crippen molar-refractivity contribution in [2.75, 3.05) is 13.2 Å². The molecule has 1 aliphatic heterocycles. The minimum atomic E-state index is -0.778. The summed E-state index contributed by atoms with van der Waals surface area (Å²) in [5, 5.41) is 9.00. The number of hydrogen-bond donors (Lipinski definition) is 1. The third kappa shape index (κ3) is 3.23. The van der Waals surface area contributed by atoms with Crippen LogP contribution in [0.2, 0.25) is 0 Å². The van der Waals surface area contributed by atoms with Crippen molar-refractivity contribution in [1.29, 1.82) is 0 Å². The summed E-state index contributed by atoms with van der Waals surface area (Å²) in [6.45, 7) is 1.43. The number of carboxylic acids is 1. The van der Waals surface area contributed by atoms with Crippen molar-refractivity contribution >= 4 is 5.97 Å². The Morgan fingerprint density at radius 1 is 1.53 bits per heavy atom. The first-order valence-corrected chi connectivity index (χ1v) is 5.83. The Kier molecular flexibility index (Phi) is 4.03. The summed E-state index contributed by atoms with van der Waals surface area (Å²) in [5.74, 6) is -0.464. The number of rotatable bonds is 4. The maximum absolute atomic E-state index is 11.0. The van der Waals surface area contributed by atoms with Gasteiger partial charge in [0.1, 0.15) is 6.33 Å². The molecule has 1 saturated heterocycles. The molecule has 0 saturated carbocycles. The molecule has 0 aliphatic carbocycles. The molecule has 5 nitrogen and oxygen atoms in total. The number of carboxylic acid groups (broad SMARTS) is 1. The average molecular weight is 236 g/mol. The van der Waals surface area contributed by atoms with Gasteiger partial charge in [0.15, 0.2) is 0 Å². The Bertz CT molecular complexity index is 363. The Balaban J connectivity index is 2.15. The van der Waals surface area contributed by atoms with Crippen molar-refractivity contribution in [3.05, 3.63) is 24.3 Å². The second kappa shape index (κ2) is 5.72. The van der Waals surface area contributed by atoms with Crippen LogP contribution in [0.25, 0.3) is 0 Å². The van der Waals surface area contributed by atoms with E-state index in [1.165, 1.54) is 6.33 Å². The van der Waals surface area contributed by atoms with Gasteiger partial charge in [-0.1, -0.05) is 0 Å². The minimum Gasteiger partial charge on any atom is -0.481 e. The summed E-state index contributed by atoms with van der Waals surface area (Å²) in [7, 11) is 0. The van der Waals surface area contributed by atoms with Crippen molar-refractivity contribution in [2.24, 2.45) is 5.92 Å². The molecule has 2 heterocycles. The Hall–Kier alpha value is -1.49. The average Bonchev–Trinajstić information content (AvgIpc) is 2.38. The van der Waals surface area contributed by atoms with E-state index in [0.29, 0.717) is 19.1 Å². The summed E-state index contributed by atoms with van der Waals surface area (Å²) < 4.78 is 5.31. The topological polar surface area (TPSA) is 72.3 Å². The van der Waals surface area contributed by atoms with E-state index < -0.39 is 5.97 Å². The van der Waals surface area contributed by atoms with Crippen LogP contribution in [0.4, 0.5) is 0 Å². The normalized spacial score (nSPS) is 18.8. The molecule has 1 aliphatic rings. The zero-order valence-corrected chi connectivity index (χ0v) is 9.58. The number of aromatic nitrogens is 2. The van der Waals surface area contributed by atoms with Crippen LogP contribution in [0.15, 0.2) is 18.6 Å². The largest absolute Gasteiger partial charge is 0.481 e. The van der Waals surface area contributed by atoms with Crippen molar-refractivity contribution in [2.45, 2.75) is 25.2 Å². The Labute approximate surface area is 99.9 Å². The highest BCUT2D eigenvalue weighted by molar-refractivity contribution is 5.68. The van der Waals surface area contributed by atoms with Gasteiger partial charge in [0, 0.05) is 31.0 Å². The summed E-state index contributed by atoms with van der Waals surface area (Å²) in [6.07, 6.45) is 5.07. The van der Waals surface area contributed by atoms with Crippen molar-refractivity contribution < 1.29 is 14.6 Å². The molecule has 92 valence electrons. The van der Waals surface area contributed by atoms with E-state index in [0.717, 1.165) is 18.5 Å². The fraction of sp³-hybridized carbons (Fsp3) is 0.583. The first-order chi connectivity index (χ1) is 8.27. The van der Waals surface area contributed by atoms with E-state index in [4.69, 9.17) is 9.84 Å². The van der Waals surface area contributed by atoms with Crippen LogP contribution in [0, 0.1) is 5.92 Å². The third-order valence-corrected chi connectivity index (χ3v) is 3.21. The fourth-order valence-corrected chi connectivity index (χ4v) is 2.34. The molecule has 0 aromatic carbocycles. The van der Waals surface area contributed by atoms with Crippen LogP contribution in [0.3, 0.4) is 0 Å². The van der Waals surface area contributed by atoms with Gasteiger partial charge in [0.2, 0.25) is 0 Å². The lowest BCUT2D eigenvalue weighted by Gasteiger charge is -2.28. The molecule has 0 bridgehead atoms. The van der Waals surface area contributed by atoms with Crippen molar-refractivity contribution in [1.82, 2.24) is 9.97 Å². The standard InChI is InChI=1S/C12H16N2O3/c15-12(16)7-10(9-2-5-17-6-3-9)11-1-4-13-8-14-11/h1,4,8-10H,2-3,5-7H2,(H,15,16). The Morgan fingerprint density at radius 3 is 2.88 bits per heavy atom. The van der Waals surface area contributed by atoms with Crippen LogP contribution < -0.4 is 0 Å². The monoisotopic (exact) mass is 236 g/mol. The zero-order chi connectivity index (χ0) is 12.1. The molecular formula is C12H16N2O3. The van der Waals surface area contributed by atoms with Gasteiger partial charge in [-0.15, -0.1) is 0 Å². The smallest absolute Gasteiger partial charge is 0.304 e. The molecule has 5 heteroatoms. The highest BCUT2D eigenvalue weighted by Crippen LogP contribution is 2.33. The number of nitrogens with zero attached hydrogens (tertiary/aromatic N) is 2. The quantitative estimate of drug-likeness (QED) is 0.856. The lowest BCUT2D eigenvalue weighted by Crippen LogP contribution is -2.24. The van der Waals surface area contributed by atoms with E-state index in [1.54, 1.807) is 6.20 Å². The third-order valence-electron chi connectivity index (χ3n) is 3.21. The van der Waals surface area contributed by atoms with E-state index in [1.807, 2.05) is 6.07 Å². The first-order valence-electron chi connectivity index (χ1n) is 5.83. The van der Waals surface area contributed by atoms with Gasteiger partial charge in [-0.25, -0.2) is 9.97 Å². The number of ether oxygens (including phenoxy) is 1. The molecule has 1 N–H and O–H groups in total. The van der Waals surface area contributed by atoms with E-state index in [-0.39, 0.29) is 12.3 Å². The summed E-state index contributed by atoms with van der Waals surface area (Å²) in [4.78, 5) is 19.0. The van der Waals surface area contributed by atoms with Gasteiger partial charge in [-0.2, -0.15) is 0 Å². The highest BCUT2D eigenvalue weighted by atomic mass is 16.5. The van der Waals surface area contributed by atoms with Crippen LogP contribution in [-0.2, 0) is 9.53 Å². The molecule has 17 heavy (non-hydrogen) atoms. The van der Waals surface area contributed by atoms with Gasteiger partial charge in [-0.05, 0) is 24.8 Å². The summed E-state index contributed by atoms with van der Waals surface area (Å²) >= 11 is 0.